The van der Waals surface area contributed by atoms with Crippen molar-refractivity contribution in [3.8, 4) is 0 Å². The van der Waals surface area contributed by atoms with Crippen molar-refractivity contribution in [2.75, 3.05) is 40.8 Å². The third-order valence-electron chi connectivity index (χ3n) is 2.42. The Hall–Kier alpha value is -1.34. The molecule has 18 heavy (non-hydrogen) atoms. The smallest absolute Gasteiger partial charge is 0.332 e. The number of carbonyl (C=O) groups excluding carboxylic acids is 1. The second kappa shape index (κ2) is 8.71. The fraction of sp³-hybridized carbons (Fsp3) is 0.818. The predicted molar refractivity (Wildman–Crippen MR) is 67.5 cm³/mol. The van der Waals surface area contributed by atoms with Gasteiger partial charge in [-0.05, 0) is 27.1 Å². The highest BCUT2D eigenvalue weighted by molar-refractivity contribution is 5.74. The molecule has 106 valence electrons. The minimum atomic E-state index is -1.43. The highest BCUT2D eigenvalue weighted by Crippen LogP contribution is 1.93. The summed E-state index contributed by atoms with van der Waals surface area (Å²) in [5, 5.41) is 20.0. The minimum Gasteiger partial charge on any atom is -0.479 e. The maximum atomic E-state index is 11.5. The first-order valence-corrected chi connectivity index (χ1v) is 5.89. The van der Waals surface area contributed by atoms with Crippen LogP contribution >= 0.6 is 0 Å². The third kappa shape index (κ3) is 7.86. The van der Waals surface area contributed by atoms with Gasteiger partial charge in [0.15, 0.2) is 6.10 Å². The van der Waals surface area contributed by atoms with Crippen molar-refractivity contribution in [1.82, 2.24) is 15.1 Å². The molecule has 0 rings (SSSR count). The van der Waals surface area contributed by atoms with E-state index in [0.29, 0.717) is 6.54 Å². The van der Waals surface area contributed by atoms with Gasteiger partial charge in [-0.2, -0.15) is 0 Å². The highest BCUT2D eigenvalue weighted by atomic mass is 16.4. The van der Waals surface area contributed by atoms with Gasteiger partial charge in [0.1, 0.15) is 0 Å². The summed E-state index contributed by atoms with van der Waals surface area (Å²) in [6, 6.07) is -0.258. The summed E-state index contributed by atoms with van der Waals surface area (Å²) in [5.74, 6) is -1.27. The van der Waals surface area contributed by atoms with E-state index < -0.39 is 12.1 Å². The molecule has 7 heteroatoms. The Kier molecular flexibility index (Phi) is 8.06. The van der Waals surface area contributed by atoms with Crippen molar-refractivity contribution in [3.63, 3.8) is 0 Å². The quantitative estimate of drug-likeness (QED) is 0.543. The van der Waals surface area contributed by atoms with E-state index in [1.54, 1.807) is 7.05 Å². The van der Waals surface area contributed by atoms with E-state index in [1.807, 2.05) is 19.0 Å². The molecule has 2 amide bonds. The van der Waals surface area contributed by atoms with Gasteiger partial charge in [-0.3, -0.25) is 0 Å². The van der Waals surface area contributed by atoms with Gasteiger partial charge in [-0.25, -0.2) is 9.59 Å². The summed E-state index contributed by atoms with van der Waals surface area (Å²) in [6.45, 7) is 1.67. The number of aliphatic carboxylic acids is 1. The maximum absolute atomic E-state index is 11.5. The number of nitrogens with zero attached hydrogens (tertiary/aromatic N) is 2. The van der Waals surface area contributed by atoms with Crippen LogP contribution in [0.1, 0.15) is 12.8 Å². The van der Waals surface area contributed by atoms with Gasteiger partial charge in [0.25, 0.3) is 0 Å². The standard InChI is InChI=1S/C11H23N3O4/c1-13(2)7-4-8-14(3)11(18)12-6-5-9(15)10(16)17/h9,15H,4-8H2,1-3H3,(H,12,18)(H,16,17). The monoisotopic (exact) mass is 261 g/mol. The molecule has 0 spiro atoms. The Morgan fingerprint density at radius 2 is 1.83 bits per heavy atom. The minimum absolute atomic E-state index is 0.00656. The molecule has 0 aromatic heterocycles. The van der Waals surface area contributed by atoms with E-state index in [0.717, 1.165) is 13.0 Å². The normalized spacial score (nSPS) is 12.3. The lowest BCUT2D eigenvalue weighted by Crippen LogP contribution is -2.40. The number of aliphatic hydroxyl groups is 1. The van der Waals surface area contributed by atoms with Crippen molar-refractivity contribution in [3.05, 3.63) is 0 Å². The predicted octanol–water partition coefficient (Wildman–Crippen LogP) is -0.585. The van der Waals surface area contributed by atoms with Crippen molar-refractivity contribution in [2.45, 2.75) is 18.9 Å². The second-order valence-electron chi connectivity index (χ2n) is 4.45. The van der Waals surface area contributed by atoms with Crippen LogP contribution in [0.15, 0.2) is 0 Å². The molecular formula is C11H23N3O4. The Morgan fingerprint density at radius 3 is 2.33 bits per heavy atom. The summed E-state index contributed by atoms with van der Waals surface area (Å²) in [7, 11) is 5.61. The highest BCUT2D eigenvalue weighted by Gasteiger charge is 2.13. The molecule has 0 aliphatic heterocycles. The van der Waals surface area contributed by atoms with Crippen molar-refractivity contribution in [2.24, 2.45) is 0 Å². The van der Waals surface area contributed by atoms with Gasteiger partial charge in [0, 0.05) is 26.6 Å². The van der Waals surface area contributed by atoms with Crippen molar-refractivity contribution in [1.29, 1.82) is 0 Å². The average Bonchev–Trinajstić information content (AvgIpc) is 2.27. The first kappa shape index (κ1) is 16.7. The number of carboxylic acid groups (broad SMARTS) is 1. The lowest BCUT2D eigenvalue weighted by molar-refractivity contribution is -0.146. The van der Waals surface area contributed by atoms with Gasteiger partial charge < -0.3 is 25.3 Å². The molecule has 0 saturated heterocycles. The summed E-state index contributed by atoms with van der Waals surface area (Å²) < 4.78 is 0. The molecule has 0 radical (unpaired) electrons. The summed E-state index contributed by atoms with van der Waals surface area (Å²) in [5.41, 5.74) is 0. The topological polar surface area (TPSA) is 93.1 Å². The average molecular weight is 261 g/mol. The molecule has 3 N–H and O–H groups in total. The van der Waals surface area contributed by atoms with Crippen LogP contribution in [0.2, 0.25) is 0 Å². The number of carboxylic acids is 1. The number of amides is 2. The molecule has 0 bridgehead atoms. The number of aliphatic hydroxyl groups excluding tert-OH is 1. The van der Waals surface area contributed by atoms with Gasteiger partial charge in [-0.15, -0.1) is 0 Å². The molecular weight excluding hydrogens is 238 g/mol. The fourth-order valence-corrected chi connectivity index (χ4v) is 1.30. The van der Waals surface area contributed by atoms with Crippen LogP contribution < -0.4 is 5.32 Å². The number of hydrogen-bond acceptors (Lipinski definition) is 4. The summed E-state index contributed by atoms with van der Waals surface area (Å²) in [4.78, 5) is 25.5. The first-order chi connectivity index (χ1) is 8.34. The van der Waals surface area contributed by atoms with Crippen LogP contribution in [-0.4, -0.2) is 78.9 Å². The van der Waals surface area contributed by atoms with Crippen LogP contribution in [0.4, 0.5) is 4.79 Å². The fourth-order valence-electron chi connectivity index (χ4n) is 1.30. The molecule has 0 aliphatic carbocycles. The Labute approximate surface area is 107 Å². The molecule has 7 nitrogen and oxygen atoms in total. The van der Waals surface area contributed by atoms with Crippen LogP contribution in [0.3, 0.4) is 0 Å². The zero-order valence-corrected chi connectivity index (χ0v) is 11.2. The van der Waals surface area contributed by atoms with Crippen LogP contribution in [-0.2, 0) is 4.79 Å². The Balaban J connectivity index is 3.71. The third-order valence-corrected chi connectivity index (χ3v) is 2.42. The van der Waals surface area contributed by atoms with E-state index in [1.165, 1.54) is 4.90 Å². The molecule has 0 saturated carbocycles. The largest absolute Gasteiger partial charge is 0.479 e. The van der Waals surface area contributed by atoms with Crippen LogP contribution in [0.5, 0.6) is 0 Å². The molecule has 1 atom stereocenters. The number of urea groups is 1. The van der Waals surface area contributed by atoms with Crippen molar-refractivity contribution < 1.29 is 19.8 Å². The lowest BCUT2D eigenvalue weighted by Gasteiger charge is -2.19. The van der Waals surface area contributed by atoms with E-state index in [2.05, 4.69) is 5.32 Å². The summed E-state index contributed by atoms with van der Waals surface area (Å²) >= 11 is 0. The van der Waals surface area contributed by atoms with Crippen molar-refractivity contribution >= 4 is 12.0 Å². The number of hydrogen-bond donors (Lipinski definition) is 3. The molecule has 1 unspecified atom stereocenters. The van der Waals surface area contributed by atoms with Gasteiger partial charge in [-0.1, -0.05) is 0 Å². The zero-order valence-electron chi connectivity index (χ0n) is 11.2. The zero-order chi connectivity index (χ0) is 14.1. The molecule has 0 aromatic carbocycles. The first-order valence-electron chi connectivity index (χ1n) is 5.89. The van der Waals surface area contributed by atoms with Gasteiger partial charge in [0.2, 0.25) is 0 Å². The number of rotatable bonds is 8. The molecule has 0 heterocycles. The van der Waals surface area contributed by atoms with E-state index in [-0.39, 0.29) is 19.0 Å². The van der Waals surface area contributed by atoms with Crippen LogP contribution in [0.25, 0.3) is 0 Å². The lowest BCUT2D eigenvalue weighted by atomic mass is 10.2. The summed E-state index contributed by atoms with van der Waals surface area (Å²) in [6.07, 6.45) is -0.550. The maximum Gasteiger partial charge on any atom is 0.332 e. The van der Waals surface area contributed by atoms with E-state index >= 15 is 0 Å². The second-order valence-corrected chi connectivity index (χ2v) is 4.45. The molecule has 0 fully saturated rings. The number of nitrogens with one attached hydrogen (secondary N) is 1. The Bertz CT molecular complexity index is 271. The molecule has 0 aromatic rings. The van der Waals surface area contributed by atoms with Gasteiger partial charge >= 0.3 is 12.0 Å². The van der Waals surface area contributed by atoms with E-state index in [9.17, 15) is 9.59 Å². The number of carbonyl (C=O) groups is 2. The van der Waals surface area contributed by atoms with Crippen LogP contribution in [0, 0.1) is 0 Å². The molecule has 0 aliphatic rings. The Morgan fingerprint density at radius 1 is 1.22 bits per heavy atom. The van der Waals surface area contributed by atoms with Gasteiger partial charge in [0.05, 0.1) is 0 Å². The van der Waals surface area contributed by atoms with E-state index in [4.69, 9.17) is 10.2 Å². The SMILES string of the molecule is CN(C)CCCN(C)C(=O)NCCC(O)C(=O)O.